The van der Waals surface area contributed by atoms with E-state index in [9.17, 15) is 31.9 Å². The number of fused-ring (bicyclic) bond motifs is 2. The van der Waals surface area contributed by atoms with Gasteiger partial charge in [0.25, 0.3) is 12.3 Å². The van der Waals surface area contributed by atoms with Crippen molar-refractivity contribution in [2.45, 2.75) is 117 Å². The number of halogens is 4. The third-order valence-corrected chi connectivity index (χ3v) is 12.9. The SMILES string of the molecule is C1CCOC1.COC(=O)c1c(C)n(C(C)C2CCN(C(=O)C(F)F)C(C)C2)c2ccccc12.COC(=O)c1c(C)n(C(C)C2CCN(CC(F)F)C(C)C2)c2ccccc12.CSC.[B]. The minimum atomic E-state index is -2.96. The van der Waals surface area contributed by atoms with Crippen molar-refractivity contribution in [3.63, 3.8) is 0 Å². The van der Waals surface area contributed by atoms with Crippen molar-refractivity contribution < 1.29 is 46.2 Å². The Hall–Kier alpha value is -4.02. The van der Waals surface area contributed by atoms with Crippen LogP contribution < -0.4 is 0 Å². The highest BCUT2D eigenvalue weighted by atomic mass is 32.2. The van der Waals surface area contributed by atoms with Crippen LogP contribution in [0.1, 0.15) is 110 Å². The van der Waals surface area contributed by atoms with Gasteiger partial charge in [-0.3, -0.25) is 9.69 Å². The Kier molecular flexibility index (Phi) is 21.7. The number of carbonyl (C=O) groups is 3. The summed E-state index contributed by atoms with van der Waals surface area (Å²) in [6.07, 6.45) is 4.41. The average Bonchev–Trinajstić information content (AvgIpc) is 4.01. The average molecular weight is 916 g/mol. The number of aromatic nitrogens is 2. The number of hydrogen-bond donors (Lipinski definition) is 0. The smallest absolute Gasteiger partial charge is 0.340 e. The number of nitrogens with zero attached hydrogens (tertiary/aromatic N) is 4. The van der Waals surface area contributed by atoms with Crippen LogP contribution in [0.25, 0.3) is 21.8 Å². The molecule has 4 aromatic rings. The first-order valence-electron chi connectivity index (χ1n) is 22.0. The van der Waals surface area contributed by atoms with Crippen LogP contribution in [-0.4, -0.2) is 130 Å². The van der Waals surface area contributed by atoms with Gasteiger partial charge in [0.15, 0.2) is 0 Å². The number of hydrogen-bond acceptors (Lipinski definition) is 8. The highest BCUT2D eigenvalue weighted by Crippen LogP contribution is 2.39. The first-order valence-corrected chi connectivity index (χ1v) is 23.6. The molecule has 353 valence electrons. The van der Waals surface area contributed by atoms with Crippen LogP contribution in [0.5, 0.6) is 0 Å². The fraction of sp³-hybridized carbons (Fsp3) is 0.604. The Morgan fingerprint density at radius 3 is 1.52 bits per heavy atom. The van der Waals surface area contributed by atoms with Crippen molar-refractivity contribution in [2.24, 2.45) is 11.8 Å². The van der Waals surface area contributed by atoms with Crippen molar-refractivity contribution in [3.05, 3.63) is 71.0 Å². The number of thioether (sulfide) groups is 1. The number of piperidine rings is 2. The molecule has 3 aliphatic rings. The van der Waals surface area contributed by atoms with Gasteiger partial charge in [-0.1, -0.05) is 36.4 Å². The summed E-state index contributed by atoms with van der Waals surface area (Å²) in [5.41, 5.74) is 4.88. The summed E-state index contributed by atoms with van der Waals surface area (Å²) in [7, 11) is 2.77. The largest absolute Gasteiger partial charge is 0.465 e. The van der Waals surface area contributed by atoms with Crippen molar-refractivity contribution in [2.75, 3.05) is 59.6 Å². The number of rotatable bonds is 9. The summed E-state index contributed by atoms with van der Waals surface area (Å²) >= 11 is 1.75. The Balaban J connectivity index is 0.000000286. The third kappa shape index (κ3) is 12.9. The van der Waals surface area contributed by atoms with E-state index in [4.69, 9.17) is 14.2 Å². The number of alkyl halides is 4. The molecular formula is C48H68BF4N4O6S. The molecule has 64 heavy (non-hydrogen) atoms. The standard InChI is InChI=1S/C21H26F2N2O3.C21H28F2N2O2.C4H8O.C2H6S.B/c1-12-11-15(9-10-24(12)20(26)19(22)23)13(2)25-14(3)18(21(27)28-4)16-7-5-6-8-17(16)25;1-13-11-16(9-10-24(13)12-19(22)23)14(2)25-15(3)20(21(26)27-4)17-7-5-6-8-18(17)25;1-2-4-5-3-1;1-3-2;/h5-8,12-13,15,19H,9-11H2,1-4H3;5-8,13-14,16,19H,9-12H2,1-4H3;1-4H2;1-2H3;. The van der Waals surface area contributed by atoms with Gasteiger partial charge in [0.2, 0.25) is 0 Å². The first kappa shape index (κ1) is 54.3. The quantitative estimate of drug-likeness (QED) is 0.0931. The highest BCUT2D eigenvalue weighted by Gasteiger charge is 2.37. The molecule has 6 atom stereocenters. The molecule has 6 unspecified atom stereocenters. The molecule has 3 aliphatic heterocycles. The van der Waals surface area contributed by atoms with Gasteiger partial charge in [-0.05, 0) is 123 Å². The maximum atomic E-state index is 12.8. The zero-order valence-electron chi connectivity index (χ0n) is 39.3. The second-order valence-corrected chi connectivity index (χ2v) is 17.7. The van der Waals surface area contributed by atoms with Crippen molar-refractivity contribution in [1.29, 1.82) is 0 Å². The fourth-order valence-corrected chi connectivity index (χ4v) is 9.73. The lowest BCUT2D eigenvalue weighted by atomic mass is 9.86. The van der Waals surface area contributed by atoms with E-state index in [0.29, 0.717) is 43.0 Å². The van der Waals surface area contributed by atoms with E-state index in [1.165, 1.54) is 32.0 Å². The minimum Gasteiger partial charge on any atom is -0.465 e. The van der Waals surface area contributed by atoms with Crippen molar-refractivity contribution in [1.82, 2.24) is 18.9 Å². The van der Waals surface area contributed by atoms with Crippen LogP contribution in [-0.2, 0) is 19.0 Å². The van der Waals surface area contributed by atoms with Crippen molar-refractivity contribution >= 4 is 59.8 Å². The Bertz CT molecular complexity index is 2110. The predicted molar refractivity (Wildman–Crippen MR) is 250 cm³/mol. The van der Waals surface area contributed by atoms with Crippen LogP contribution in [0.2, 0.25) is 0 Å². The second kappa shape index (κ2) is 25.6. The number of esters is 2. The minimum absolute atomic E-state index is 0. The maximum absolute atomic E-state index is 12.8. The molecule has 1 amide bonds. The molecule has 0 spiro atoms. The van der Waals surface area contributed by atoms with Crippen LogP contribution >= 0.6 is 11.8 Å². The number of amides is 1. The molecule has 0 saturated carbocycles. The predicted octanol–water partition coefficient (Wildman–Crippen LogP) is 10.2. The first-order chi connectivity index (χ1) is 30.0. The summed E-state index contributed by atoms with van der Waals surface area (Å²) in [4.78, 5) is 39.6. The lowest BCUT2D eigenvalue weighted by Gasteiger charge is -2.40. The lowest BCUT2D eigenvalue weighted by Crippen LogP contribution is -2.48. The molecule has 2 aromatic carbocycles. The fourth-order valence-electron chi connectivity index (χ4n) is 9.73. The van der Waals surface area contributed by atoms with Gasteiger partial charge in [0.1, 0.15) is 0 Å². The van der Waals surface area contributed by atoms with E-state index in [-0.39, 0.29) is 57.0 Å². The monoisotopic (exact) mass is 915 g/mol. The van der Waals surface area contributed by atoms with E-state index in [2.05, 4.69) is 23.0 Å². The van der Waals surface area contributed by atoms with Crippen molar-refractivity contribution in [3.8, 4) is 0 Å². The van der Waals surface area contributed by atoms with Gasteiger partial charge in [-0.2, -0.15) is 20.5 Å². The summed E-state index contributed by atoms with van der Waals surface area (Å²) in [5.74, 6) is -1.21. The lowest BCUT2D eigenvalue weighted by molar-refractivity contribution is -0.147. The van der Waals surface area contributed by atoms with Gasteiger partial charge in [0.05, 0.1) is 31.9 Å². The van der Waals surface area contributed by atoms with E-state index in [0.717, 1.165) is 59.2 Å². The number of likely N-dealkylation sites (tertiary alicyclic amines) is 2. The number of para-hydroxylation sites is 2. The Morgan fingerprint density at radius 2 is 1.16 bits per heavy atom. The molecule has 5 heterocycles. The molecule has 16 heteroatoms. The normalized spacial score (nSPS) is 20.8. The second-order valence-electron chi connectivity index (χ2n) is 16.9. The molecular weight excluding hydrogens is 847 g/mol. The van der Waals surface area contributed by atoms with Gasteiger partial charge < -0.3 is 28.2 Å². The van der Waals surface area contributed by atoms with E-state index in [1.54, 1.807) is 11.8 Å². The van der Waals surface area contributed by atoms with E-state index < -0.39 is 18.8 Å². The molecule has 3 saturated heterocycles. The molecule has 2 aromatic heterocycles. The molecule has 0 aliphatic carbocycles. The van der Waals surface area contributed by atoms with Gasteiger partial charge >= 0.3 is 18.4 Å². The van der Waals surface area contributed by atoms with Gasteiger partial charge in [0, 0.05) is 85.5 Å². The van der Waals surface area contributed by atoms with E-state index >= 15 is 0 Å². The molecule has 0 bridgehead atoms. The number of carbonyl (C=O) groups excluding carboxylic acids is 3. The van der Waals surface area contributed by atoms with Crippen LogP contribution in [0.3, 0.4) is 0 Å². The maximum Gasteiger partial charge on any atom is 0.340 e. The molecule has 3 fully saturated rings. The van der Waals surface area contributed by atoms with E-state index in [1.807, 2.05) is 93.6 Å². The Morgan fingerprint density at radius 1 is 0.734 bits per heavy atom. The molecule has 0 N–H and O–H groups in total. The molecule has 10 nitrogen and oxygen atoms in total. The summed E-state index contributed by atoms with van der Waals surface area (Å²) in [5, 5.41) is 1.74. The van der Waals surface area contributed by atoms with Gasteiger partial charge in [-0.15, -0.1) is 0 Å². The topological polar surface area (TPSA) is 95.2 Å². The van der Waals surface area contributed by atoms with Crippen LogP contribution in [0, 0.1) is 25.7 Å². The molecule has 3 radical (unpaired) electrons. The van der Waals surface area contributed by atoms with Gasteiger partial charge in [-0.25, -0.2) is 18.4 Å². The zero-order valence-corrected chi connectivity index (χ0v) is 40.1. The summed E-state index contributed by atoms with van der Waals surface area (Å²) < 4.78 is 70.4. The molecule has 7 rings (SSSR count). The summed E-state index contributed by atoms with van der Waals surface area (Å²) in [6, 6.07) is 15.7. The number of ether oxygens (including phenoxy) is 3. The third-order valence-electron chi connectivity index (χ3n) is 12.9. The Labute approximate surface area is 383 Å². The number of benzene rings is 2. The van der Waals surface area contributed by atoms with Crippen LogP contribution in [0.15, 0.2) is 48.5 Å². The van der Waals surface area contributed by atoms with Crippen LogP contribution in [0.4, 0.5) is 17.6 Å². The zero-order chi connectivity index (χ0) is 46.5. The number of methoxy groups -OCH3 is 2. The highest BCUT2D eigenvalue weighted by molar-refractivity contribution is 7.97. The summed E-state index contributed by atoms with van der Waals surface area (Å²) in [6.45, 7) is 14.8.